The van der Waals surface area contributed by atoms with Crippen molar-refractivity contribution in [1.82, 2.24) is 10.6 Å². The van der Waals surface area contributed by atoms with Gasteiger partial charge in [0.15, 0.2) is 0 Å². The number of carbonyl (C=O) groups excluding carboxylic acids is 2. The number of carboxylic acid groups (broad SMARTS) is 1. The van der Waals surface area contributed by atoms with E-state index in [0.29, 0.717) is 59.6 Å². The lowest BCUT2D eigenvalue weighted by Crippen LogP contribution is -2.34. The maximum absolute atomic E-state index is 12.4. The van der Waals surface area contributed by atoms with E-state index in [-0.39, 0.29) is 36.9 Å². The van der Waals surface area contributed by atoms with Gasteiger partial charge < -0.3 is 25.2 Å². The van der Waals surface area contributed by atoms with Crippen molar-refractivity contribution in [3.63, 3.8) is 0 Å². The molecule has 4 rings (SSSR count). The first-order valence-electron chi connectivity index (χ1n) is 12.8. The molecule has 0 bridgehead atoms. The molecule has 9 heteroatoms. The van der Waals surface area contributed by atoms with Crippen LogP contribution in [0.4, 0.5) is 0 Å². The molecule has 3 aromatic carbocycles. The van der Waals surface area contributed by atoms with E-state index < -0.39 is 5.97 Å². The Morgan fingerprint density at radius 1 is 0.795 bits per heavy atom. The lowest BCUT2D eigenvalue weighted by atomic mass is 9.87. The predicted molar refractivity (Wildman–Crippen MR) is 143 cm³/mol. The normalized spacial score (nSPS) is 16.4. The van der Waals surface area contributed by atoms with E-state index in [1.54, 1.807) is 72.8 Å². The Balaban J connectivity index is 1.17. The lowest BCUT2D eigenvalue weighted by Gasteiger charge is -2.26. The van der Waals surface area contributed by atoms with Crippen molar-refractivity contribution in [2.45, 2.75) is 31.8 Å². The van der Waals surface area contributed by atoms with Crippen molar-refractivity contribution in [3.05, 3.63) is 89.5 Å². The molecule has 9 nitrogen and oxygen atoms in total. The van der Waals surface area contributed by atoms with E-state index in [1.807, 2.05) is 0 Å². The monoisotopic (exact) mass is 527 g/mol. The van der Waals surface area contributed by atoms with E-state index in [0.717, 1.165) is 0 Å². The molecule has 0 saturated heterocycles. The van der Waals surface area contributed by atoms with Gasteiger partial charge in [0.1, 0.15) is 23.3 Å². The fourth-order valence-corrected chi connectivity index (χ4v) is 4.31. The van der Waals surface area contributed by atoms with Gasteiger partial charge in [-0.3, -0.25) is 14.4 Å². The number of carboxylic acids is 1. The number of aliphatic carboxylic acids is 1. The maximum atomic E-state index is 12.4. The fourth-order valence-electron chi connectivity index (χ4n) is 4.31. The number of hydrogen-bond acceptors (Lipinski definition) is 6. The average molecular weight is 528 g/mol. The number of hydrogen-bond donors (Lipinski definition) is 3. The van der Waals surface area contributed by atoms with Gasteiger partial charge in [0, 0.05) is 24.2 Å². The highest BCUT2D eigenvalue weighted by molar-refractivity contribution is 5.95. The molecule has 0 unspecified atom stereocenters. The van der Waals surface area contributed by atoms with E-state index in [2.05, 4.69) is 16.7 Å². The highest BCUT2D eigenvalue weighted by Crippen LogP contribution is 2.28. The van der Waals surface area contributed by atoms with Gasteiger partial charge in [-0.05, 0) is 86.3 Å². The van der Waals surface area contributed by atoms with Crippen molar-refractivity contribution in [2.75, 3.05) is 13.1 Å². The zero-order valence-corrected chi connectivity index (χ0v) is 21.3. The first-order chi connectivity index (χ1) is 18.9. The van der Waals surface area contributed by atoms with Gasteiger partial charge in [-0.15, -0.1) is 0 Å². The van der Waals surface area contributed by atoms with Gasteiger partial charge in [-0.25, -0.2) is 0 Å². The summed E-state index contributed by atoms with van der Waals surface area (Å²) in [5.74, 6) is -0.00509. The largest absolute Gasteiger partial charge is 0.490 e. The van der Waals surface area contributed by atoms with Crippen molar-refractivity contribution >= 4 is 17.8 Å². The predicted octanol–water partition coefficient (Wildman–Crippen LogP) is 4.53. The van der Waals surface area contributed by atoms with Crippen LogP contribution < -0.4 is 20.1 Å². The van der Waals surface area contributed by atoms with Crippen LogP contribution in [0, 0.1) is 17.2 Å². The molecular formula is C30H29N3O6. The smallest absolute Gasteiger partial charge is 0.306 e. The van der Waals surface area contributed by atoms with Crippen molar-refractivity contribution in [1.29, 1.82) is 5.26 Å². The zero-order chi connectivity index (χ0) is 27.6. The molecule has 1 saturated carbocycles. The second-order valence-electron chi connectivity index (χ2n) is 9.20. The summed E-state index contributed by atoms with van der Waals surface area (Å²) in [7, 11) is 0. The summed E-state index contributed by atoms with van der Waals surface area (Å²) in [6, 6.07) is 22.3. The van der Waals surface area contributed by atoms with Crippen molar-refractivity contribution in [2.24, 2.45) is 5.92 Å². The molecular weight excluding hydrogens is 498 g/mol. The van der Waals surface area contributed by atoms with Crippen LogP contribution in [0.1, 0.15) is 52.0 Å². The maximum Gasteiger partial charge on any atom is 0.306 e. The summed E-state index contributed by atoms with van der Waals surface area (Å²) >= 11 is 0. The Bertz CT molecular complexity index is 1340. The Morgan fingerprint density at radius 2 is 1.33 bits per heavy atom. The number of para-hydroxylation sites is 1. The van der Waals surface area contributed by atoms with E-state index in [9.17, 15) is 19.6 Å². The minimum absolute atomic E-state index is 0.0205. The first-order valence-corrected chi connectivity index (χ1v) is 12.8. The number of amides is 2. The van der Waals surface area contributed by atoms with Crippen LogP contribution in [0.5, 0.6) is 17.2 Å². The van der Waals surface area contributed by atoms with Crippen LogP contribution >= 0.6 is 0 Å². The first kappa shape index (κ1) is 27.2. The molecule has 2 amide bonds. The molecule has 200 valence electrons. The minimum atomic E-state index is -0.747. The van der Waals surface area contributed by atoms with E-state index in [4.69, 9.17) is 14.6 Å². The Labute approximate surface area is 226 Å². The van der Waals surface area contributed by atoms with Crippen LogP contribution in [0.25, 0.3) is 0 Å². The standard InChI is InChI=1S/C30H29N3O6/c31-19-23-3-1-2-4-27(23)39-26-13-7-21(8-14-26)29(35)33-18-17-32-28(34)20-5-11-24(12-6-20)38-25-15-9-22(10-16-25)30(36)37/h1-8,11-14,22,25H,9-10,15-18H2,(H,32,34)(H,33,35)(H,36,37). The number of ether oxygens (including phenoxy) is 2. The van der Waals surface area contributed by atoms with E-state index in [1.165, 1.54) is 0 Å². The molecule has 39 heavy (non-hydrogen) atoms. The molecule has 1 aliphatic rings. The summed E-state index contributed by atoms with van der Waals surface area (Å²) in [5, 5.41) is 23.8. The van der Waals surface area contributed by atoms with Gasteiger partial charge in [-0.1, -0.05) is 12.1 Å². The number of rotatable bonds is 10. The van der Waals surface area contributed by atoms with Crippen molar-refractivity contribution in [3.8, 4) is 23.3 Å². The van der Waals surface area contributed by atoms with Gasteiger partial charge in [0.05, 0.1) is 17.6 Å². The van der Waals surface area contributed by atoms with Gasteiger partial charge in [0.25, 0.3) is 11.8 Å². The summed E-state index contributed by atoms with van der Waals surface area (Å²) in [5.41, 5.74) is 1.33. The Kier molecular flexibility index (Phi) is 9.14. The third-order valence-electron chi connectivity index (χ3n) is 6.49. The molecule has 3 aromatic rings. The number of nitrogens with one attached hydrogen (secondary N) is 2. The summed E-state index contributed by atoms with van der Waals surface area (Å²) in [6.07, 6.45) is 2.58. The fraction of sp³-hybridized carbons (Fsp3) is 0.267. The van der Waals surface area contributed by atoms with Crippen LogP contribution in [-0.4, -0.2) is 42.1 Å². The molecule has 0 heterocycles. The molecule has 0 atom stereocenters. The van der Waals surface area contributed by atoms with Crippen LogP contribution in [0.15, 0.2) is 72.8 Å². The second-order valence-corrected chi connectivity index (χ2v) is 9.20. The number of nitrogens with zero attached hydrogens (tertiary/aromatic N) is 1. The molecule has 0 aromatic heterocycles. The zero-order valence-electron chi connectivity index (χ0n) is 21.3. The molecule has 0 spiro atoms. The number of benzene rings is 3. The lowest BCUT2D eigenvalue weighted by molar-refractivity contribution is -0.143. The third-order valence-corrected chi connectivity index (χ3v) is 6.49. The molecule has 1 fully saturated rings. The summed E-state index contributed by atoms with van der Waals surface area (Å²) in [4.78, 5) is 36.0. The summed E-state index contributed by atoms with van der Waals surface area (Å²) < 4.78 is 11.7. The second kappa shape index (κ2) is 13.1. The van der Waals surface area contributed by atoms with Gasteiger partial charge in [-0.2, -0.15) is 5.26 Å². The number of carbonyl (C=O) groups is 3. The molecule has 0 aliphatic heterocycles. The summed E-state index contributed by atoms with van der Waals surface area (Å²) in [6.45, 7) is 0.500. The Hall–Kier alpha value is -4.84. The topological polar surface area (TPSA) is 138 Å². The highest BCUT2D eigenvalue weighted by atomic mass is 16.5. The quantitative estimate of drug-likeness (QED) is 0.329. The Morgan fingerprint density at radius 3 is 1.87 bits per heavy atom. The third kappa shape index (κ3) is 7.58. The SMILES string of the molecule is N#Cc1ccccc1Oc1ccc(C(=O)NCCNC(=O)c2ccc(OC3CCC(C(=O)O)CC3)cc2)cc1. The average Bonchev–Trinajstić information content (AvgIpc) is 2.96. The highest BCUT2D eigenvalue weighted by Gasteiger charge is 2.26. The molecule has 3 N–H and O–H groups in total. The minimum Gasteiger partial charge on any atom is -0.490 e. The van der Waals surface area contributed by atoms with E-state index >= 15 is 0 Å². The van der Waals surface area contributed by atoms with Gasteiger partial charge in [0.2, 0.25) is 0 Å². The van der Waals surface area contributed by atoms with Crippen molar-refractivity contribution < 1.29 is 29.0 Å². The van der Waals surface area contributed by atoms with Crippen LogP contribution in [-0.2, 0) is 4.79 Å². The number of nitriles is 1. The van der Waals surface area contributed by atoms with Gasteiger partial charge >= 0.3 is 5.97 Å². The molecule has 0 radical (unpaired) electrons. The van der Waals surface area contributed by atoms with Crippen LogP contribution in [0.3, 0.4) is 0 Å². The van der Waals surface area contributed by atoms with Crippen LogP contribution in [0.2, 0.25) is 0 Å². The molecule has 1 aliphatic carbocycles.